The van der Waals surface area contributed by atoms with Crippen LogP contribution in [-0.4, -0.2) is 16.6 Å². The van der Waals surface area contributed by atoms with E-state index in [0.29, 0.717) is 0 Å². The van der Waals surface area contributed by atoms with Crippen LogP contribution in [0.3, 0.4) is 0 Å². The van der Waals surface area contributed by atoms with E-state index in [1.165, 1.54) is 25.7 Å². The number of hydrogen-bond donors (Lipinski definition) is 1. The summed E-state index contributed by atoms with van der Waals surface area (Å²) in [5.41, 5.74) is 1.10. The molecule has 1 fully saturated rings. The first-order valence-corrected chi connectivity index (χ1v) is 5.51. The van der Waals surface area contributed by atoms with Gasteiger partial charge in [-0.25, -0.2) is 4.98 Å². The highest BCUT2D eigenvalue weighted by Gasteiger charge is 2.20. The van der Waals surface area contributed by atoms with Gasteiger partial charge in [0.2, 0.25) is 5.95 Å². The maximum atomic E-state index is 4.39. The van der Waals surface area contributed by atoms with Gasteiger partial charge < -0.3 is 9.88 Å². The van der Waals surface area contributed by atoms with Crippen LogP contribution in [0.2, 0.25) is 0 Å². The fourth-order valence-electron chi connectivity index (χ4n) is 1.87. The molecule has 2 rings (SSSR count). The number of rotatable bonds is 5. The molecule has 0 radical (unpaired) electrons. The van der Waals surface area contributed by atoms with Gasteiger partial charge in [-0.15, -0.1) is 0 Å². The molecule has 0 atom stereocenters. The van der Waals surface area contributed by atoms with Crippen molar-refractivity contribution in [3.63, 3.8) is 0 Å². The van der Waals surface area contributed by atoms with Crippen molar-refractivity contribution < 1.29 is 0 Å². The van der Waals surface area contributed by atoms with E-state index in [1.54, 1.807) is 0 Å². The molecule has 1 aliphatic rings. The summed E-state index contributed by atoms with van der Waals surface area (Å²) in [4.78, 5) is 4.39. The molecular weight excluding hydrogens is 174 g/mol. The largest absolute Gasteiger partial charge is 0.359 e. The highest BCUT2D eigenvalue weighted by atomic mass is 15.2. The lowest BCUT2D eigenvalue weighted by Gasteiger charge is -2.05. The van der Waals surface area contributed by atoms with E-state index in [-0.39, 0.29) is 0 Å². The van der Waals surface area contributed by atoms with Crippen LogP contribution >= 0.6 is 0 Å². The maximum absolute atomic E-state index is 4.39. The van der Waals surface area contributed by atoms with Crippen LogP contribution in [0, 0.1) is 12.8 Å². The van der Waals surface area contributed by atoms with Gasteiger partial charge in [0, 0.05) is 19.8 Å². The third-order valence-electron chi connectivity index (χ3n) is 2.83. The molecule has 0 unspecified atom stereocenters. The molecule has 1 aromatic rings. The molecule has 0 bridgehead atoms. The van der Waals surface area contributed by atoms with Crippen LogP contribution in [0.25, 0.3) is 0 Å². The highest BCUT2D eigenvalue weighted by molar-refractivity contribution is 5.27. The summed E-state index contributed by atoms with van der Waals surface area (Å²) in [6.45, 7) is 3.14. The number of nitrogens with one attached hydrogen (secondary N) is 1. The molecule has 0 aromatic carbocycles. The van der Waals surface area contributed by atoms with Crippen molar-refractivity contribution in [2.24, 2.45) is 5.92 Å². The lowest BCUT2D eigenvalue weighted by molar-refractivity contribution is 0.580. The Kier molecular flexibility index (Phi) is 2.75. The lowest BCUT2D eigenvalue weighted by atomic mass is 10.2. The van der Waals surface area contributed by atoms with Crippen LogP contribution in [0.15, 0.2) is 6.20 Å². The van der Waals surface area contributed by atoms with Gasteiger partial charge in [0.15, 0.2) is 0 Å². The second-order valence-corrected chi connectivity index (χ2v) is 4.23. The third-order valence-corrected chi connectivity index (χ3v) is 2.83. The van der Waals surface area contributed by atoms with Gasteiger partial charge in [-0.2, -0.15) is 0 Å². The molecule has 3 heteroatoms. The van der Waals surface area contributed by atoms with Crippen molar-refractivity contribution in [3.05, 3.63) is 11.9 Å². The van der Waals surface area contributed by atoms with Crippen molar-refractivity contribution in [2.45, 2.75) is 39.2 Å². The molecule has 0 saturated heterocycles. The summed E-state index contributed by atoms with van der Waals surface area (Å²) in [7, 11) is 1.93. The lowest BCUT2D eigenvalue weighted by Crippen LogP contribution is -2.03. The first-order chi connectivity index (χ1) is 6.79. The molecule has 1 N–H and O–H groups in total. The van der Waals surface area contributed by atoms with Crippen LogP contribution in [0.4, 0.5) is 5.95 Å². The zero-order valence-corrected chi connectivity index (χ0v) is 9.08. The predicted molar refractivity (Wildman–Crippen MR) is 58.5 cm³/mol. The van der Waals surface area contributed by atoms with Crippen LogP contribution < -0.4 is 5.32 Å². The van der Waals surface area contributed by atoms with Crippen molar-refractivity contribution in [3.8, 4) is 0 Å². The van der Waals surface area contributed by atoms with Gasteiger partial charge >= 0.3 is 0 Å². The summed E-state index contributed by atoms with van der Waals surface area (Å²) >= 11 is 0. The zero-order chi connectivity index (χ0) is 9.97. The van der Waals surface area contributed by atoms with E-state index in [0.717, 1.165) is 24.1 Å². The Bertz CT molecular complexity index is 299. The number of hydrogen-bond acceptors (Lipinski definition) is 2. The molecule has 0 aliphatic heterocycles. The smallest absolute Gasteiger partial charge is 0.202 e. The molecule has 78 valence electrons. The molecular formula is C11H19N3. The second kappa shape index (κ2) is 4.03. The van der Waals surface area contributed by atoms with Crippen LogP contribution in [0.5, 0.6) is 0 Å². The number of anilines is 1. The Hall–Kier alpha value is -0.990. The van der Waals surface area contributed by atoms with E-state index < -0.39 is 0 Å². The minimum Gasteiger partial charge on any atom is -0.359 e. The number of nitrogens with zero attached hydrogens (tertiary/aromatic N) is 2. The minimum atomic E-state index is 0.998. The summed E-state index contributed by atoms with van der Waals surface area (Å²) in [6.07, 6.45) is 7.72. The van der Waals surface area contributed by atoms with Crippen molar-refractivity contribution in [2.75, 3.05) is 12.4 Å². The Morgan fingerprint density at radius 3 is 3.00 bits per heavy atom. The first-order valence-electron chi connectivity index (χ1n) is 5.51. The average Bonchev–Trinajstić information content (AvgIpc) is 2.90. The number of imidazole rings is 1. The highest BCUT2D eigenvalue weighted by Crippen LogP contribution is 2.33. The van der Waals surface area contributed by atoms with Crippen molar-refractivity contribution >= 4 is 5.95 Å². The molecule has 1 heterocycles. The molecule has 14 heavy (non-hydrogen) atoms. The minimum absolute atomic E-state index is 0.998. The van der Waals surface area contributed by atoms with Gasteiger partial charge in [0.25, 0.3) is 0 Å². The van der Waals surface area contributed by atoms with Crippen molar-refractivity contribution in [1.29, 1.82) is 0 Å². The topological polar surface area (TPSA) is 29.9 Å². The number of aryl methyl sites for hydroxylation is 2. The summed E-state index contributed by atoms with van der Waals surface area (Å²) in [6, 6.07) is 0. The van der Waals surface area contributed by atoms with Crippen molar-refractivity contribution in [1.82, 2.24) is 9.55 Å². The molecule has 0 spiro atoms. The first kappa shape index (κ1) is 9.56. The maximum Gasteiger partial charge on any atom is 0.202 e. The molecule has 1 saturated carbocycles. The summed E-state index contributed by atoms with van der Waals surface area (Å²) < 4.78 is 2.22. The Labute approximate surface area is 85.5 Å². The van der Waals surface area contributed by atoms with Gasteiger partial charge in [-0.3, -0.25) is 0 Å². The zero-order valence-electron chi connectivity index (χ0n) is 9.08. The molecule has 1 aliphatic carbocycles. The molecule has 1 aromatic heterocycles. The van der Waals surface area contributed by atoms with Gasteiger partial charge in [-0.05, 0) is 25.7 Å². The van der Waals surface area contributed by atoms with E-state index in [4.69, 9.17) is 0 Å². The molecule has 3 nitrogen and oxygen atoms in total. The van der Waals surface area contributed by atoms with E-state index in [9.17, 15) is 0 Å². The van der Waals surface area contributed by atoms with Gasteiger partial charge in [-0.1, -0.05) is 12.8 Å². The van der Waals surface area contributed by atoms with Crippen LogP contribution in [-0.2, 0) is 6.54 Å². The summed E-state index contributed by atoms with van der Waals surface area (Å²) in [5.74, 6) is 2.04. The van der Waals surface area contributed by atoms with E-state index in [1.807, 2.05) is 14.0 Å². The third kappa shape index (κ3) is 2.28. The monoisotopic (exact) mass is 193 g/mol. The number of aromatic nitrogens is 2. The molecule has 0 amide bonds. The standard InChI is InChI=1S/C11H19N3/c1-9-8-14(11(12-2)13-9)7-3-4-10-5-6-10/h8,10H,3-7H2,1-2H3,(H,12,13). The van der Waals surface area contributed by atoms with Crippen LogP contribution in [0.1, 0.15) is 31.4 Å². The van der Waals surface area contributed by atoms with Gasteiger partial charge in [0.05, 0.1) is 5.69 Å². The SMILES string of the molecule is CNc1nc(C)cn1CCCC1CC1. The Balaban J connectivity index is 1.86. The quantitative estimate of drug-likeness (QED) is 0.778. The Morgan fingerprint density at radius 1 is 1.57 bits per heavy atom. The van der Waals surface area contributed by atoms with E-state index in [2.05, 4.69) is 21.1 Å². The fraction of sp³-hybridized carbons (Fsp3) is 0.727. The summed E-state index contributed by atoms with van der Waals surface area (Å²) in [5, 5.41) is 3.12. The average molecular weight is 193 g/mol. The van der Waals surface area contributed by atoms with E-state index >= 15 is 0 Å². The fourth-order valence-corrected chi connectivity index (χ4v) is 1.87. The van der Waals surface area contributed by atoms with Gasteiger partial charge in [0.1, 0.15) is 0 Å². The predicted octanol–water partition coefficient (Wildman–Crippen LogP) is 2.42. The normalized spacial score (nSPS) is 15.9. The second-order valence-electron chi connectivity index (χ2n) is 4.23. The Morgan fingerprint density at radius 2 is 2.36 bits per heavy atom.